The van der Waals surface area contributed by atoms with Gasteiger partial charge in [0.15, 0.2) is 6.10 Å². The van der Waals surface area contributed by atoms with Crippen molar-refractivity contribution >= 4 is 17.9 Å². The summed E-state index contributed by atoms with van der Waals surface area (Å²) in [6.45, 7) is 6.38. The first-order valence-electron chi connectivity index (χ1n) is 26.5. The summed E-state index contributed by atoms with van der Waals surface area (Å²) in [5, 5.41) is 0. The molecule has 0 aromatic rings. The summed E-state index contributed by atoms with van der Waals surface area (Å²) < 4.78 is 16.8. The van der Waals surface area contributed by atoms with E-state index in [0.29, 0.717) is 19.3 Å². The topological polar surface area (TPSA) is 78.9 Å². The minimum atomic E-state index is -0.787. The van der Waals surface area contributed by atoms with Crippen molar-refractivity contribution in [3.05, 3.63) is 72.9 Å². The van der Waals surface area contributed by atoms with Crippen LogP contribution >= 0.6 is 0 Å². The number of hydrogen-bond acceptors (Lipinski definition) is 6. The molecule has 6 nitrogen and oxygen atoms in total. The predicted octanol–water partition coefficient (Wildman–Crippen LogP) is 17.4. The molecule has 0 radical (unpaired) electrons. The molecular formula is C57H98O6. The van der Waals surface area contributed by atoms with Gasteiger partial charge in [-0.15, -0.1) is 0 Å². The Balaban J connectivity index is 4.41. The van der Waals surface area contributed by atoms with Gasteiger partial charge in [-0.1, -0.05) is 235 Å². The molecule has 0 saturated heterocycles. The van der Waals surface area contributed by atoms with Crippen molar-refractivity contribution in [1.82, 2.24) is 0 Å². The molecule has 1 unspecified atom stereocenters. The van der Waals surface area contributed by atoms with E-state index in [1.165, 1.54) is 103 Å². The Labute approximate surface area is 389 Å². The molecule has 0 aromatic carbocycles. The summed E-state index contributed by atoms with van der Waals surface area (Å²) in [5.41, 5.74) is 0. The second-order valence-electron chi connectivity index (χ2n) is 17.4. The highest BCUT2D eigenvalue weighted by Gasteiger charge is 2.19. The number of esters is 3. The van der Waals surface area contributed by atoms with Gasteiger partial charge < -0.3 is 14.2 Å². The lowest BCUT2D eigenvalue weighted by Gasteiger charge is -2.18. The van der Waals surface area contributed by atoms with Crippen molar-refractivity contribution in [2.45, 2.75) is 258 Å². The highest BCUT2D eigenvalue weighted by atomic mass is 16.6. The second-order valence-corrected chi connectivity index (χ2v) is 17.4. The fourth-order valence-corrected chi connectivity index (χ4v) is 7.34. The summed E-state index contributed by atoms with van der Waals surface area (Å²) in [4.78, 5) is 38.0. The van der Waals surface area contributed by atoms with Crippen molar-refractivity contribution in [3.63, 3.8) is 0 Å². The number of carbonyl (C=O) groups excluding carboxylic acids is 3. The monoisotopic (exact) mass is 879 g/mol. The molecule has 0 fully saturated rings. The summed E-state index contributed by atoms with van der Waals surface area (Å²) in [6, 6.07) is 0. The lowest BCUT2D eigenvalue weighted by molar-refractivity contribution is -0.167. The van der Waals surface area contributed by atoms with E-state index in [1.54, 1.807) is 0 Å². The fraction of sp³-hybridized carbons (Fsp3) is 0.737. The first-order valence-corrected chi connectivity index (χ1v) is 26.5. The maximum Gasteiger partial charge on any atom is 0.306 e. The quantitative estimate of drug-likeness (QED) is 0.0199. The third-order valence-corrected chi connectivity index (χ3v) is 11.3. The largest absolute Gasteiger partial charge is 0.462 e. The first kappa shape index (κ1) is 59.9. The molecule has 0 aliphatic rings. The van der Waals surface area contributed by atoms with Crippen LogP contribution < -0.4 is 0 Å². The van der Waals surface area contributed by atoms with Gasteiger partial charge in [0, 0.05) is 19.3 Å². The Morgan fingerprint density at radius 2 is 0.698 bits per heavy atom. The lowest BCUT2D eigenvalue weighted by Crippen LogP contribution is -2.30. The second kappa shape index (κ2) is 51.5. The average molecular weight is 879 g/mol. The first-order chi connectivity index (χ1) is 31.0. The van der Waals surface area contributed by atoms with Gasteiger partial charge in [-0.2, -0.15) is 0 Å². The van der Waals surface area contributed by atoms with E-state index in [9.17, 15) is 14.4 Å². The molecular weight excluding hydrogens is 781 g/mol. The van der Waals surface area contributed by atoms with Crippen LogP contribution in [0, 0.1) is 0 Å². The zero-order valence-corrected chi connectivity index (χ0v) is 41.3. The molecule has 0 saturated carbocycles. The van der Waals surface area contributed by atoms with Crippen LogP contribution in [0.5, 0.6) is 0 Å². The third kappa shape index (κ3) is 49.7. The number of unbranched alkanes of at least 4 members (excludes halogenated alkanes) is 26. The van der Waals surface area contributed by atoms with Crippen LogP contribution in [0.25, 0.3) is 0 Å². The smallest absolute Gasteiger partial charge is 0.306 e. The minimum absolute atomic E-state index is 0.0876. The van der Waals surface area contributed by atoms with Crippen LogP contribution in [-0.2, 0) is 28.6 Å². The summed E-state index contributed by atoms with van der Waals surface area (Å²) in [5.74, 6) is -0.914. The number of carbonyl (C=O) groups is 3. The predicted molar refractivity (Wildman–Crippen MR) is 270 cm³/mol. The highest BCUT2D eigenvalue weighted by Crippen LogP contribution is 2.16. The lowest BCUT2D eigenvalue weighted by atomic mass is 10.0. The Kier molecular flexibility index (Phi) is 48.9. The van der Waals surface area contributed by atoms with Gasteiger partial charge in [0.05, 0.1) is 0 Å². The van der Waals surface area contributed by atoms with Crippen LogP contribution in [-0.4, -0.2) is 37.2 Å². The summed E-state index contributed by atoms with van der Waals surface area (Å²) in [7, 11) is 0. The molecule has 0 heterocycles. The van der Waals surface area contributed by atoms with Crippen molar-refractivity contribution < 1.29 is 28.6 Å². The van der Waals surface area contributed by atoms with Gasteiger partial charge in [-0.05, 0) is 70.6 Å². The third-order valence-electron chi connectivity index (χ3n) is 11.3. The maximum absolute atomic E-state index is 12.8. The van der Waals surface area contributed by atoms with Crippen LogP contribution in [0.3, 0.4) is 0 Å². The van der Waals surface area contributed by atoms with E-state index in [4.69, 9.17) is 14.2 Å². The van der Waals surface area contributed by atoms with Crippen molar-refractivity contribution in [2.24, 2.45) is 0 Å². The van der Waals surface area contributed by atoms with Crippen molar-refractivity contribution in [1.29, 1.82) is 0 Å². The van der Waals surface area contributed by atoms with Gasteiger partial charge in [0.25, 0.3) is 0 Å². The Morgan fingerprint density at radius 1 is 0.349 bits per heavy atom. The SMILES string of the molecule is CC/C=C/C=C/C=C/CCCCCCCC(=O)OCC(COC(=O)CCCCCCCC/C=C/C/C=C/C/C=C/CC)OC(=O)CCCCCCCCCCCCCCCCCC. The molecule has 0 rings (SSSR count). The van der Waals surface area contributed by atoms with Crippen molar-refractivity contribution in [2.75, 3.05) is 13.2 Å². The molecule has 6 heteroatoms. The maximum atomic E-state index is 12.8. The fourth-order valence-electron chi connectivity index (χ4n) is 7.34. The zero-order chi connectivity index (χ0) is 45.8. The van der Waals surface area contributed by atoms with E-state index in [2.05, 4.69) is 93.7 Å². The Hall–Kier alpha value is -3.15. The molecule has 63 heavy (non-hydrogen) atoms. The van der Waals surface area contributed by atoms with Gasteiger partial charge in [0.2, 0.25) is 0 Å². The van der Waals surface area contributed by atoms with Gasteiger partial charge in [0.1, 0.15) is 13.2 Å². The average Bonchev–Trinajstić information content (AvgIpc) is 3.28. The number of hydrogen-bond donors (Lipinski definition) is 0. The van der Waals surface area contributed by atoms with E-state index in [1.807, 2.05) is 0 Å². The minimum Gasteiger partial charge on any atom is -0.462 e. The Bertz CT molecular complexity index is 1190. The molecule has 0 aliphatic heterocycles. The molecule has 362 valence electrons. The molecule has 0 N–H and O–H groups in total. The number of rotatable bonds is 47. The molecule has 0 spiro atoms. The van der Waals surface area contributed by atoms with Gasteiger partial charge in [-0.3, -0.25) is 14.4 Å². The van der Waals surface area contributed by atoms with E-state index in [0.717, 1.165) is 109 Å². The van der Waals surface area contributed by atoms with Crippen LogP contribution in [0.15, 0.2) is 72.9 Å². The zero-order valence-electron chi connectivity index (χ0n) is 41.3. The van der Waals surface area contributed by atoms with E-state index in [-0.39, 0.29) is 31.1 Å². The molecule has 0 aliphatic carbocycles. The molecule has 0 amide bonds. The number of allylic oxidation sites excluding steroid dienone is 12. The Morgan fingerprint density at radius 3 is 1.14 bits per heavy atom. The van der Waals surface area contributed by atoms with E-state index < -0.39 is 6.10 Å². The molecule has 0 bridgehead atoms. The van der Waals surface area contributed by atoms with Crippen LogP contribution in [0.2, 0.25) is 0 Å². The van der Waals surface area contributed by atoms with Crippen molar-refractivity contribution in [3.8, 4) is 0 Å². The van der Waals surface area contributed by atoms with Crippen LogP contribution in [0.1, 0.15) is 252 Å². The highest BCUT2D eigenvalue weighted by molar-refractivity contribution is 5.71. The summed E-state index contributed by atoms with van der Waals surface area (Å²) >= 11 is 0. The summed E-state index contributed by atoms with van der Waals surface area (Å²) in [6.07, 6.45) is 64.6. The molecule has 1 atom stereocenters. The van der Waals surface area contributed by atoms with Crippen LogP contribution in [0.4, 0.5) is 0 Å². The standard InChI is InChI=1S/C57H98O6/c1-4-7-10-13-16-19-22-25-27-29-32-35-38-41-44-47-50-56(59)62-53-54(52-61-55(58)49-46-43-40-37-34-31-24-21-18-15-12-9-6-3)63-57(60)51-48-45-42-39-36-33-30-28-26-23-20-17-14-11-8-5-2/h7,9-10,12,15-16,18-19,21,24-25,27,54H,4-6,8,11,13-14,17,20,22-23,26,28-53H2,1-3H3/b10-7+,12-9+,18-15+,19-16+,24-21+,27-25+. The number of ether oxygens (including phenoxy) is 3. The van der Waals surface area contributed by atoms with Gasteiger partial charge >= 0.3 is 17.9 Å². The van der Waals surface area contributed by atoms with Gasteiger partial charge in [-0.25, -0.2) is 0 Å². The van der Waals surface area contributed by atoms with E-state index >= 15 is 0 Å². The molecule has 0 aromatic heterocycles. The normalized spacial score (nSPS) is 12.6.